The van der Waals surface area contributed by atoms with Crippen LogP contribution >= 0.6 is 56.5 Å². The molecular weight excluding hydrogens is 536 g/mol. The van der Waals surface area contributed by atoms with Crippen molar-refractivity contribution in [3.8, 4) is 11.8 Å². The van der Waals surface area contributed by atoms with E-state index in [0.29, 0.717) is 11.1 Å². The first-order valence-electron chi connectivity index (χ1n) is 6.95. The van der Waals surface area contributed by atoms with Gasteiger partial charge in [0, 0.05) is 33.3 Å². The smallest absolute Gasteiger partial charge is 0.137 e. The van der Waals surface area contributed by atoms with Gasteiger partial charge in [-0.25, -0.2) is 4.99 Å². The van der Waals surface area contributed by atoms with Gasteiger partial charge in [-0.2, -0.15) is 5.26 Å². The van der Waals surface area contributed by atoms with E-state index in [2.05, 4.69) is 68.2 Å². The number of aliphatic imine (C=N–C) groups is 1. The molecule has 0 aliphatic carbocycles. The van der Waals surface area contributed by atoms with Crippen molar-refractivity contribution in [3.05, 3.63) is 40.8 Å². The van der Waals surface area contributed by atoms with Crippen LogP contribution in [0.1, 0.15) is 21.6 Å². The Morgan fingerprint density at radius 1 is 1.43 bits per heavy atom. The van der Waals surface area contributed by atoms with Gasteiger partial charge in [0.1, 0.15) is 16.8 Å². The fourth-order valence-electron chi connectivity index (χ4n) is 2.54. The second-order valence-electron chi connectivity index (χ2n) is 5.37. The molecular formula is C16H13I2N3OS. The molecule has 1 aromatic carbocycles. The zero-order chi connectivity index (χ0) is 16.6. The van der Waals surface area contributed by atoms with Crippen molar-refractivity contribution in [3.63, 3.8) is 0 Å². The Labute approximate surface area is 166 Å². The molecule has 2 aromatic rings. The number of likely N-dealkylation sites (N-methyl/N-ethyl adjacent to an activating group) is 1. The maximum absolute atomic E-state index is 10.2. The fourth-order valence-corrected chi connectivity index (χ4v) is 5.65. The van der Waals surface area contributed by atoms with Gasteiger partial charge < -0.3 is 10.0 Å². The Morgan fingerprint density at radius 3 is 2.96 bits per heavy atom. The minimum absolute atomic E-state index is 0.231. The fraction of sp³-hybridized carbons (Fsp3) is 0.250. The van der Waals surface area contributed by atoms with Gasteiger partial charge >= 0.3 is 0 Å². The summed E-state index contributed by atoms with van der Waals surface area (Å²) >= 11 is 5.90. The van der Waals surface area contributed by atoms with Gasteiger partial charge in [0.05, 0.1) is 9.13 Å². The number of aromatic hydroxyl groups is 1. The number of fused-ring (bicyclic) bond motifs is 1. The molecule has 1 N–H and O–H groups in total. The Morgan fingerprint density at radius 2 is 2.22 bits per heavy atom. The maximum atomic E-state index is 10.2. The van der Waals surface area contributed by atoms with E-state index in [1.54, 1.807) is 17.6 Å². The minimum Gasteiger partial charge on any atom is -0.506 e. The summed E-state index contributed by atoms with van der Waals surface area (Å²) in [5.74, 6) is 0.231. The molecule has 0 saturated heterocycles. The molecule has 1 aliphatic rings. The molecule has 0 atom stereocenters. The zero-order valence-electron chi connectivity index (χ0n) is 12.3. The first kappa shape index (κ1) is 17.1. The molecule has 0 spiro atoms. The lowest BCUT2D eigenvalue weighted by atomic mass is 10.0. The number of thiophene rings is 1. The van der Waals surface area contributed by atoms with E-state index in [1.165, 1.54) is 4.88 Å². The standard InChI is InChI=1S/C16H13I2N3OS/c1-21-3-2-11-12(6-19)16(23-14(11)8-21)20-7-9-4-10(17)5-13(18)15(9)22/h4-5,7,22H,2-3,8H2,1H3. The summed E-state index contributed by atoms with van der Waals surface area (Å²) in [6.45, 7) is 1.84. The molecule has 0 unspecified atom stereocenters. The molecule has 0 bridgehead atoms. The molecule has 23 heavy (non-hydrogen) atoms. The number of rotatable bonds is 2. The van der Waals surface area contributed by atoms with Crippen molar-refractivity contribution >= 4 is 67.7 Å². The maximum Gasteiger partial charge on any atom is 0.137 e. The molecule has 0 amide bonds. The van der Waals surface area contributed by atoms with Crippen LogP contribution in [0.5, 0.6) is 5.75 Å². The first-order chi connectivity index (χ1) is 11.0. The summed E-state index contributed by atoms with van der Waals surface area (Å²) in [6.07, 6.45) is 2.55. The Kier molecular flexibility index (Phi) is 5.25. The molecule has 0 fully saturated rings. The van der Waals surface area contributed by atoms with Crippen LogP contribution in [0.15, 0.2) is 17.1 Å². The zero-order valence-corrected chi connectivity index (χ0v) is 17.4. The van der Waals surface area contributed by atoms with Gasteiger partial charge in [0.2, 0.25) is 0 Å². The molecule has 1 aliphatic heterocycles. The Hall–Kier alpha value is -0.700. The largest absolute Gasteiger partial charge is 0.506 e. The van der Waals surface area contributed by atoms with Crippen LogP contribution in [0.25, 0.3) is 0 Å². The van der Waals surface area contributed by atoms with Crippen molar-refractivity contribution in [1.82, 2.24) is 4.90 Å². The molecule has 0 saturated carbocycles. The van der Waals surface area contributed by atoms with Crippen LogP contribution in [-0.4, -0.2) is 29.8 Å². The summed E-state index contributed by atoms with van der Waals surface area (Å²) < 4.78 is 1.84. The lowest BCUT2D eigenvalue weighted by Crippen LogP contribution is -2.25. The molecule has 4 nitrogen and oxygen atoms in total. The van der Waals surface area contributed by atoms with Crippen molar-refractivity contribution in [2.75, 3.05) is 13.6 Å². The monoisotopic (exact) mass is 549 g/mol. The number of phenolic OH excluding ortho intramolecular Hbond substituents is 1. The normalized spacial score (nSPS) is 14.9. The third-order valence-electron chi connectivity index (χ3n) is 3.72. The van der Waals surface area contributed by atoms with Crippen LogP contribution in [-0.2, 0) is 13.0 Å². The number of benzene rings is 1. The number of hydrogen-bond donors (Lipinski definition) is 1. The number of nitriles is 1. The molecule has 0 radical (unpaired) electrons. The highest BCUT2D eigenvalue weighted by atomic mass is 127. The molecule has 3 rings (SSSR count). The van der Waals surface area contributed by atoms with Gasteiger partial charge in [-0.3, -0.25) is 0 Å². The number of halogens is 2. The predicted octanol–water partition coefficient (Wildman–Crippen LogP) is 4.27. The summed E-state index contributed by atoms with van der Waals surface area (Å²) in [4.78, 5) is 7.98. The van der Waals surface area contributed by atoms with Crippen LogP contribution in [0.2, 0.25) is 0 Å². The quantitative estimate of drug-likeness (QED) is 0.450. The summed E-state index contributed by atoms with van der Waals surface area (Å²) in [6, 6.07) is 6.10. The van der Waals surface area contributed by atoms with Crippen molar-refractivity contribution < 1.29 is 5.11 Å². The number of hydrogen-bond acceptors (Lipinski definition) is 5. The van der Waals surface area contributed by atoms with Gasteiger partial charge in [0.15, 0.2) is 0 Å². The average Bonchev–Trinajstić information content (AvgIpc) is 2.85. The van der Waals surface area contributed by atoms with E-state index in [0.717, 1.165) is 37.2 Å². The van der Waals surface area contributed by atoms with E-state index in [1.807, 2.05) is 12.1 Å². The van der Waals surface area contributed by atoms with Gasteiger partial charge in [-0.15, -0.1) is 11.3 Å². The number of nitrogens with zero attached hydrogens (tertiary/aromatic N) is 3. The lowest BCUT2D eigenvalue weighted by molar-refractivity contribution is 0.317. The highest BCUT2D eigenvalue weighted by Crippen LogP contribution is 2.38. The van der Waals surface area contributed by atoms with Gasteiger partial charge in [-0.1, -0.05) is 0 Å². The average molecular weight is 549 g/mol. The summed E-state index contributed by atoms with van der Waals surface area (Å²) in [5.41, 5.74) is 2.51. The van der Waals surface area contributed by atoms with E-state index in [-0.39, 0.29) is 5.75 Å². The minimum atomic E-state index is 0.231. The number of phenols is 1. The van der Waals surface area contributed by atoms with Crippen LogP contribution in [0.4, 0.5) is 5.00 Å². The Balaban J connectivity index is 2.00. The molecule has 2 heterocycles. The molecule has 118 valence electrons. The van der Waals surface area contributed by atoms with Crippen molar-refractivity contribution in [1.29, 1.82) is 5.26 Å². The second kappa shape index (κ2) is 7.04. The lowest BCUT2D eigenvalue weighted by Gasteiger charge is -2.21. The summed E-state index contributed by atoms with van der Waals surface area (Å²) in [5, 5.41) is 20.4. The highest BCUT2D eigenvalue weighted by Gasteiger charge is 2.22. The SMILES string of the molecule is CN1CCc2c(sc(N=Cc3cc(I)cc(I)c3O)c2C#N)C1. The third kappa shape index (κ3) is 3.55. The molecule has 7 heteroatoms. The van der Waals surface area contributed by atoms with E-state index >= 15 is 0 Å². The third-order valence-corrected chi connectivity index (χ3v) is 6.29. The van der Waals surface area contributed by atoms with Crippen LogP contribution in [0.3, 0.4) is 0 Å². The van der Waals surface area contributed by atoms with Crippen molar-refractivity contribution in [2.24, 2.45) is 4.99 Å². The van der Waals surface area contributed by atoms with Crippen LogP contribution < -0.4 is 0 Å². The second-order valence-corrected chi connectivity index (χ2v) is 8.86. The first-order valence-corrected chi connectivity index (χ1v) is 9.92. The van der Waals surface area contributed by atoms with E-state index < -0.39 is 0 Å². The highest BCUT2D eigenvalue weighted by molar-refractivity contribution is 14.1. The summed E-state index contributed by atoms with van der Waals surface area (Å²) in [7, 11) is 2.09. The van der Waals surface area contributed by atoms with E-state index in [9.17, 15) is 10.4 Å². The van der Waals surface area contributed by atoms with Gasteiger partial charge in [0.25, 0.3) is 0 Å². The Bertz CT molecular complexity index is 839. The van der Waals surface area contributed by atoms with Crippen LogP contribution in [0, 0.1) is 18.5 Å². The van der Waals surface area contributed by atoms with Gasteiger partial charge in [-0.05, 0) is 76.3 Å². The topological polar surface area (TPSA) is 59.6 Å². The van der Waals surface area contributed by atoms with E-state index in [4.69, 9.17) is 0 Å². The molecule has 1 aromatic heterocycles. The van der Waals surface area contributed by atoms with Crippen molar-refractivity contribution in [2.45, 2.75) is 13.0 Å². The predicted molar refractivity (Wildman–Crippen MR) is 110 cm³/mol.